The Morgan fingerprint density at radius 1 is 1.00 bits per heavy atom. The molecule has 7 heteroatoms. The van der Waals surface area contributed by atoms with Gasteiger partial charge in [-0.3, -0.25) is 9.88 Å². The first-order chi connectivity index (χ1) is 17.2. The van der Waals surface area contributed by atoms with Crippen molar-refractivity contribution < 1.29 is 14.6 Å². The van der Waals surface area contributed by atoms with E-state index in [1.807, 2.05) is 41.3 Å². The van der Waals surface area contributed by atoms with Crippen molar-refractivity contribution in [3.05, 3.63) is 78.6 Å². The maximum atomic E-state index is 13.2. The Morgan fingerprint density at radius 2 is 1.69 bits per heavy atom. The first-order valence-corrected chi connectivity index (χ1v) is 12.2. The fraction of sp³-hybridized carbons (Fsp3) is 0.357. The molecule has 2 aromatic carbocycles. The van der Waals surface area contributed by atoms with Gasteiger partial charge in [-0.05, 0) is 72.5 Å². The van der Waals surface area contributed by atoms with Crippen molar-refractivity contribution >= 4 is 11.7 Å². The molecule has 0 radical (unpaired) electrons. The number of carbonyl (C=O) groups is 1. The van der Waals surface area contributed by atoms with E-state index in [0.717, 1.165) is 48.5 Å². The van der Waals surface area contributed by atoms with Crippen LogP contribution < -0.4 is 10.1 Å². The van der Waals surface area contributed by atoms with Crippen LogP contribution in [0.15, 0.2) is 73.1 Å². The molecule has 0 bridgehead atoms. The second kappa shape index (κ2) is 10.5. The maximum absolute atomic E-state index is 13.2. The number of aliphatic hydroxyl groups excluding tert-OH is 1. The van der Waals surface area contributed by atoms with E-state index in [9.17, 15) is 9.90 Å². The molecule has 3 aromatic rings. The normalized spacial score (nSPS) is 22.3. The van der Waals surface area contributed by atoms with Gasteiger partial charge in [0.25, 0.3) is 0 Å². The molecule has 0 unspecified atom stereocenters. The van der Waals surface area contributed by atoms with Gasteiger partial charge < -0.3 is 20.1 Å². The monoisotopic (exact) mass is 472 g/mol. The molecule has 0 aliphatic carbocycles. The molecule has 5 rings (SSSR count). The van der Waals surface area contributed by atoms with Crippen LogP contribution in [0.3, 0.4) is 0 Å². The summed E-state index contributed by atoms with van der Waals surface area (Å²) in [5.41, 5.74) is 4.23. The molecule has 182 valence electrons. The van der Waals surface area contributed by atoms with Crippen molar-refractivity contribution in [1.29, 1.82) is 0 Å². The number of hydrogen-bond donors (Lipinski definition) is 2. The molecule has 2 aliphatic heterocycles. The lowest BCUT2D eigenvalue weighted by Crippen LogP contribution is -2.68. The quantitative estimate of drug-likeness (QED) is 0.582. The van der Waals surface area contributed by atoms with Gasteiger partial charge in [0.2, 0.25) is 0 Å². The van der Waals surface area contributed by atoms with Crippen molar-refractivity contribution in [3.8, 4) is 16.9 Å². The first kappa shape index (κ1) is 23.3. The molecule has 1 aromatic heterocycles. The fourth-order valence-electron chi connectivity index (χ4n) is 5.44. The summed E-state index contributed by atoms with van der Waals surface area (Å²) < 4.78 is 5.21. The number of aliphatic hydroxyl groups is 1. The standard InChI is InChI=1S/C28H32N4O3/c1-35-24-10-8-23(9-11-24)30-28(34)31-16-2-3-17-32-25(18-31)27(26(32)19-33)22-6-4-20(5-7-22)21-12-14-29-15-13-21/h4-15,25-27,33H,2-3,16-19H2,1H3,(H,30,34)/t25-,26+,27+/m0/s1. The van der Waals surface area contributed by atoms with Gasteiger partial charge in [0.05, 0.1) is 13.7 Å². The van der Waals surface area contributed by atoms with Crippen LogP contribution in [-0.4, -0.2) is 71.4 Å². The number of pyridine rings is 1. The predicted molar refractivity (Wildman–Crippen MR) is 137 cm³/mol. The van der Waals surface area contributed by atoms with Crippen LogP contribution in [0.25, 0.3) is 11.1 Å². The van der Waals surface area contributed by atoms with Crippen LogP contribution in [0, 0.1) is 0 Å². The summed E-state index contributed by atoms with van der Waals surface area (Å²) in [5, 5.41) is 13.2. The number of benzene rings is 2. The Morgan fingerprint density at radius 3 is 2.37 bits per heavy atom. The largest absolute Gasteiger partial charge is 0.497 e. The zero-order valence-electron chi connectivity index (χ0n) is 20.0. The highest BCUT2D eigenvalue weighted by molar-refractivity contribution is 5.89. The number of ether oxygens (including phenoxy) is 1. The van der Waals surface area contributed by atoms with Crippen molar-refractivity contribution in [2.75, 3.05) is 38.7 Å². The molecule has 2 fully saturated rings. The average Bonchev–Trinajstić information content (AvgIpc) is 2.89. The SMILES string of the molecule is COc1ccc(NC(=O)N2CCCCN3[C@H](CO)[C@H](c4ccc(-c5ccncc5)cc4)[C@@H]3C2)cc1. The van der Waals surface area contributed by atoms with E-state index in [-0.39, 0.29) is 30.6 Å². The highest BCUT2D eigenvalue weighted by Crippen LogP contribution is 2.42. The van der Waals surface area contributed by atoms with Gasteiger partial charge in [-0.15, -0.1) is 0 Å². The third-order valence-corrected chi connectivity index (χ3v) is 7.31. The van der Waals surface area contributed by atoms with Crippen LogP contribution in [0.2, 0.25) is 0 Å². The minimum atomic E-state index is -0.0868. The number of fused-ring (bicyclic) bond motifs is 1. The van der Waals surface area contributed by atoms with Crippen LogP contribution in [-0.2, 0) is 0 Å². The molecule has 2 aliphatic rings. The molecular formula is C28H32N4O3. The average molecular weight is 473 g/mol. The Kier molecular flexibility index (Phi) is 6.97. The van der Waals surface area contributed by atoms with Gasteiger partial charge in [0, 0.05) is 49.2 Å². The second-order valence-corrected chi connectivity index (χ2v) is 9.25. The number of amides is 2. The Bertz CT molecular complexity index is 1120. The van der Waals surface area contributed by atoms with Crippen molar-refractivity contribution in [2.24, 2.45) is 0 Å². The second-order valence-electron chi connectivity index (χ2n) is 9.25. The van der Waals surface area contributed by atoms with E-state index >= 15 is 0 Å². The van der Waals surface area contributed by atoms with Crippen LogP contribution in [0.5, 0.6) is 5.75 Å². The molecule has 7 nitrogen and oxygen atoms in total. The Balaban J connectivity index is 1.32. The number of aromatic nitrogens is 1. The van der Waals surface area contributed by atoms with E-state index in [0.29, 0.717) is 6.54 Å². The van der Waals surface area contributed by atoms with Crippen molar-refractivity contribution in [3.63, 3.8) is 0 Å². The molecular weight excluding hydrogens is 440 g/mol. The minimum absolute atomic E-state index is 0.0800. The lowest BCUT2D eigenvalue weighted by molar-refractivity contribution is -0.0585. The van der Waals surface area contributed by atoms with Gasteiger partial charge in [-0.2, -0.15) is 0 Å². The highest BCUT2D eigenvalue weighted by Gasteiger charge is 2.49. The highest BCUT2D eigenvalue weighted by atomic mass is 16.5. The number of nitrogens with one attached hydrogen (secondary N) is 1. The number of methoxy groups -OCH3 is 1. The molecule has 3 atom stereocenters. The van der Waals surface area contributed by atoms with E-state index in [1.54, 1.807) is 19.5 Å². The third kappa shape index (κ3) is 4.88. The van der Waals surface area contributed by atoms with Gasteiger partial charge in [-0.1, -0.05) is 24.3 Å². The lowest BCUT2D eigenvalue weighted by atomic mass is 9.74. The van der Waals surface area contributed by atoms with E-state index in [2.05, 4.69) is 39.5 Å². The van der Waals surface area contributed by atoms with Crippen LogP contribution in [0.4, 0.5) is 10.5 Å². The summed E-state index contributed by atoms with van der Waals surface area (Å²) in [4.78, 5) is 21.6. The Hall–Kier alpha value is -3.42. The predicted octanol–water partition coefficient (Wildman–Crippen LogP) is 4.21. The van der Waals surface area contributed by atoms with E-state index < -0.39 is 0 Å². The van der Waals surface area contributed by atoms with Gasteiger partial charge in [0.15, 0.2) is 0 Å². The van der Waals surface area contributed by atoms with E-state index in [1.165, 1.54) is 5.56 Å². The molecule has 35 heavy (non-hydrogen) atoms. The molecule has 2 amide bonds. The fourth-order valence-corrected chi connectivity index (χ4v) is 5.44. The summed E-state index contributed by atoms with van der Waals surface area (Å²) >= 11 is 0. The topological polar surface area (TPSA) is 77.9 Å². The number of anilines is 1. The summed E-state index contributed by atoms with van der Waals surface area (Å²) in [6.45, 7) is 2.43. The van der Waals surface area contributed by atoms with Crippen LogP contribution >= 0.6 is 0 Å². The number of carbonyl (C=O) groups excluding carboxylic acids is 1. The third-order valence-electron chi connectivity index (χ3n) is 7.31. The van der Waals surface area contributed by atoms with Gasteiger partial charge in [0.1, 0.15) is 5.75 Å². The molecule has 0 saturated carbocycles. The molecule has 0 spiro atoms. The summed E-state index contributed by atoms with van der Waals surface area (Å²) in [6.07, 6.45) is 5.56. The van der Waals surface area contributed by atoms with E-state index in [4.69, 9.17) is 4.74 Å². The van der Waals surface area contributed by atoms with Gasteiger partial charge in [-0.25, -0.2) is 4.79 Å². The smallest absolute Gasteiger partial charge is 0.321 e. The molecule has 3 heterocycles. The number of rotatable bonds is 5. The lowest BCUT2D eigenvalue weighted by Gasteiger charge is -2.57. The molecule has 2 N–H and O–H groups in total. The zero-order chi connectivity index (χ0) is 24.2. The number of hydrogen-bond acceptors (Lipinski definition) is 5. The minimum Gasteiger partial charge on any atom is -0.497 e. The van der Waals surface area contributed by atoms with Crippen molar-refractivity contribution in [2.45, 2.75) is 30.8 Å². The zero-order valence-corrected chi connectivity index (χ0v) is 20.0. The van der Waals surface area contributed by atoms with Crippen molar-refractivity contribution in [1.82, 2.24) is 14.8 Å². The Labute approximate surface area is 206 Å². The summed E-state index contributed by atoms with van der Waals surface area (Å²) in [6, 6.07) is 20.2. The summed E-state index contributed by atoms with van der Waals surface area (Å²) in [5.74, 6) is 0.938. The maximum Gasteiger partial charge on any atom is 0.321 e. The first-order valence-electron chi connectivity index (χ1n) is 12.2. The van der Waals surface area contributed by atoms with Crippen LogP contribution in [0.1, 0.15) is 24.3 Å². The van der Waals surface area contributed by atoms with Gasteiger partial charge >= 0.3 is 6.03 Å². The molecule has 2 saturated heterocycles. The number of nitrogens with zero attached hydrogens (tertiary/aromatic N) is 3. The summed E-state index contributed by atoms with van der Waals surface area (Å²) in [7, 11) is 1.63. The number of urea groups is 1.